The Morgan fingerprint density at radius 1 is 0.347 bits per heavy atom. The maximum absolute atomic E-state index is 5.11. The van der Waals surface area contributed by atoms with Gasteiger partial charge in [-0.25, -0.2) is 4.98 Å². The fourth-order valence-corrected chi connectivity index (χ4v) is 6.84. The van der Waals surface area contributed by atoms with E-state index in [0.29, 0.717) is 0 Å². The Bertz CT molecular complexity index is 2420. The zero-order valence-corrected chi connectivity index (χ0v) is 26.8. The summed E-state index contributed by atoms with van der Waals surface area (Å²) in [6.45, 7) is 0. The molecule has 6 aromatic carbocycles. The van der Waals surface area contributed by atoms with E-state index < -0.39 is 0 Å². The summed E-state index contributed by atoms with van der Waals surface area (Å²) in [6.07, 6.45) is 4.37. The molecule has 230 valence electrons. The molecule has 9 aromatic rings. The van der Waals surface area contributed by atoms with E-state index in [-0.39, 0.29) is 0 Å². The van der Waals surface area contributed by atoms with Gasteiger partial charge in [0.05, 0.1) is 11.4 Å². The van der Waals surface area contributed by atoms with Crippen LogP contribution >= 0.6 is 0 Å². The van der Waals surface area contributed by atoms with Gasteiger partial charge in [-0.05, 0) is 70.3 Å². The molecule has 0 spiro atoms. The fourth-order valence-electron chi connectivity index (χ4n) is 6.84. The molecule has 3 heteroatoms. The fraction of sp³-hybridized carbons (Fsp3) is 0. The number of benzene rings is 6. The van der Waals surface area contributed by atoms with Gasteiger partial charge in [0, 0.05) is 33.5 Å². The third-order valence-electron chi connectivity index (χ3n) is 9.27. The minimum Gasteiger partial charge on any atom is -0.248 e. The average molecular weight is 627 g/mol. The van der Waals surface area contributed by atoms with Crippen LogP contribution in [0.15, 0.2) is 194 Å². The van der Waals surface area contributed by atoms with Gasteiger partial charge in [-0.2, -0.15) is 0 Å². The maximum Gasteiger partial charge on any atom is 0.208 e. The smallest absolute Gasteiger partial charge is 0.208 e. The largest absolute Gasteiger partial charge is 0.248 e. The molecule has 0 aliphatic heterocycles. The second-order valence-corrected chi connectivity index (χ2v) is 12.3. The number of rotatable bonds is 6. The highest BCUT2D eigenvalue weighted by atomic mass is 15.4. The second kappa shape index (κ2) is 12.2. The molecule has 9 rings (SSSR count). The van der Waals surface area contributed by atoms with Gasteiger partial charge in [0.2, 0.25) is 12.4 Å². The van der Waals surface area contributed by atoms with Crippen LogP contribution in [0.1, 0.15) is 0 Å². The van der Waals surface area contributed by atoms with Crippen LogP contribution < -0.4 is 4.68 Å². The summed E-state index contributed by atoms with van der Waals surface area (Å²) >= 11 is 0. The average Bonchev–Trinajstić information content (AvgIpc) is 3.52. The zero-order valence-electron chi connectivity index (χ0n) is 26.8. The van der Waals surface area contributed by atoms with Crippen LogP contribution in [-0.2, 0) is 0 Å². The van der Waals surface area contributed by atoms with Crippen molar-refractivity contribution >= 4 is 21.8 Å². The summed E-state index contributed by atoms with van der Waals surface area (Å²) in [5, 5.41) is 2.43. The number of fused-ring (bicyclic) bond motifs is 3. The van der Waals surface area contributed by atoms with E-state index in [0.717, 1.165) is 44.7 Å². The Labute approximate surface area is 285 Å². The van der Waals surface area contributed by atoms with Crippen LogP contribution in [0.5, 0.6) is 0 Å². The summed E-state index contributed by atoms with van der Waals surface area (Å²) < 4.78 is 4.55. The van der Waals surface area contributed by atoms with Gasteiger partial charge < -0.3 is 0 Å². The number of hydrogen-bond acceptors (Lipinski definition) is 1. The highest BCUT2D eigenvalue weighted by molar-refractivity contribution is 6.10. The molecule has 0 radical (unpaired) electrons. The molecule has 0 N–H and O–H groups in total. The lowest BCUT2D eigenvalue weighted by Gasteiger charge is -2.10. The SMILES string of the molecule is c1ccc(-c2ccc3c(c2)c2cc(-c4ccccc4)ccc2n3-[n+]2cccc(-c3cc(-c4ccccc4)nc(-c4ccccc4)c3)c2)cc1. The van der Waals surface area contributed by atoms with Crippen molar-refractivity contribution in [2.75, 3.05) is 0 Å². The van der Waals surface area contributed by atoms with Crippen molar-refractivity contribution in [2.24, 2.45) is 0 Å². The molecule has 0 aliphatic carbocycles. The molecule has 0 saturated heterocycles. The molecule has 0 bridgehead atoms. The maximum atomic E-state index is 5.11. The quantitative estimate of drug-likeness (QED) is 0.168. The molecule has 0 saturated carbocycles. The minimum atomic E-state index is 0.950. The van der Waals surface area contributed by atoms with Crippen LogP contribution in [0.3, 0.4) is 0 Å². The number of pyridine rings is 2. The predicted molar refractivity (Wildman–Crippen MR) is 202 cm³/mol. The summed E-state index contributed by atoms with van der Waals surface area (Å²) in [7, 11) is 0. The van der Waals surface area contributed by atoms with Gasteiger partial charge in [0.15, 0.2) is 0 Å². The molecule has 3 nitrogen and oxygen atoms in total. The predicted octanol–water partition coefficient (Wildman–Crippen LogP) is 11.1. The highest BCUT2D eigenvalue weighted by Gasteiger charge is 2.20. The molecule has 3 aromatic heterocycles. The number of nitrogens with zero attached hydrogens (tertiary/aromatic N) is 3. The van der Waals surface area contributed by atoms with E-state index in [4.69, 9.17) is 4.98 Å². The Morgan fingerprint density at radius 2 is 0.776 bits per heavy atom. The van der Waals surface area contributed by atoms with Gasteiger partial charge in [-0.1, -0.05) is 138 Å². The van der Waals surface area contributed by atoms with Gasteiger partial charge >= 0.3 is 0 Å². The first kappa shape index (κ1) is 28.6. The molecule has 0 unspecified atom stereocenters. The molecule has 3 heterocycles. The van der Waals surface area contributed by atoms with E-state index >= 15 is 0 Å². The van der Waals surface area contributed by atoms with Crippen LogP contribution in [0.4, 0.5) is 0 Å². The first-order valence-electron chi connectivity index (χ1n) is 16.6. The summed E-state index contributed by atoms with van der Waals surface area (Å²) in [4.78, 5) is 5.11. The van der Waals surface area contributed by atoms with Crippen molar-refractivity contribution in [3.05, 3.63) is 194 Å². The van der Waals surface area contributed by atoms with Crippen LogP contribution in [0.2, 0.25) is 0 Å². The molecular weight excluding hydrogens is 595 g/mol. The van der Waals surface area contributed by atoms with Crippen molar-refractivity contribution in [1.82, 2.24) is 9.66 Å². The third-order valence-corrected chi connectivity index (χ3v) is 9.27. The van der Waals surface area contributed by atoms with Crippen LogP contribution in [0.25, 0.3) is 77.7 Å². The van der Waals surface area contributed by atoms with E-state index in [1.165, 1.54) is 33.0 Å². The Balaban J connectivity index is 1.24. The number of hydrogen-bond donors (Lipinski definition) is 0. The normalized spacial score (nSPS) is 11.3. The zero-order chi connectivity index (χ0) is 32.6. The summed E-state index contributed by atoms with van der Waals surface area (Å²) in [6, 6.07) is 64.5. The lowest BCUT2D eigenvalue weighted by Crippen LogP contribution is -2.40. The Hall–Kier alpha value is -6.58. The van der Waals surface area contributed by atoms with Crippen LogP contribution in [-0.4, -0.2) is 9.66 Å². The molecule has 0 aliphatic rings. The van der Waals surface area contributed by atoms with E-state index in [1.54, 1.807) is 0 Å². The minimum absolute atomic E-state index is 0.950. The van der Waals surface area contributed by atoms with Crippen molar-refractivity contribution in [3.63, 3.8) is 0 Å². The number of aromatic nitrogens is 3. The first-order valence-corrected chi connectivity index (χ1v) is 16.6. The van der Waals surface area contributed by atoms with Gasteiger partial charge in [0.25, 0.3) is 0 Å². The van der Waals surface area contributed by atoms with Crippen molar-refractivity contribution in [3.8, 4) is 55.9 Å². The van der Waals surface area contributed by atoms with E-state index in [2.05, 4.69) is 192 Å². The highest BCUT2D eigenvalue weighted by Crippen LogP contribution is 2.35. The first-order chi connectivity index (χ1) is 24.3. The van der Waals surface area contributed by atoms with Crippen molar-refractivity contribution in [1.29, 1.82) is 0 Å². The molecular formula is C46H32N3+. The topological polar surface area (TPSA) is 21.7 Å². The van der Waals surface area contributed by atoms with Crippen LogP contribution in [0, 0.1) is 0 Å². The summed E-state index contributed by atoms with van der Waals surface area (Å²) in [5.41, 5.74) is 13.4. The van der Waals surface area contributed by atoms with Gasteiger partial charge in [-0.15, -0.1) is 4.68 Å². The lowest BCUT2D eigenvalue weighted by atomic mass is 10.0. The second-order valence-electron chi connectivity index (χ2n) is 12.3. The standard InChI is InChI=1S/C46H32N3/c1-5-14-33(15-6-1)37-23-25-45-41(28-37)42-29-38(34-16-7-2-8-17-34)24-26-46(42)49(45)48-27-13-22-39(32-48)40-30-43(35-18-9-3-10-19-35)47-44(31-40)36-20-11-4-12-21-36/h1-32H/q+1. The monoisotopic (exact) mass is 626 g/mol. The molecule has 49 heavy (non-hydrogen) atoms. The Morgan fingerprint density at radius 3 is 1.24 bits per heavy atom. The van der Waals surface area contributed by atoms with Gasteiger partial charge in [-0.3, -0.25) is 0 Å². The molecule has 0 amide bonds. The van der Waals surface area contributed by atoms with Crippen molar-refractivity contribution in [2.45, 2.75) is 0 Å². The Kier molecular flexibility index (Phi) is 7.14. The third kappa shape index (κ3) is 5.38. The molecule has 0 fully saturated rings. The lowest BCUT2D eigenvalue weighted by molar-refractivity contribution is -0.720. The van der Waals surface area contributed by atoms with Gasteiger partial charge in [0.1, 0.15) is 11.0 Å². The van der Waals surface area contributed by atoms with Crippen molar-refractivity contribution < 1.29 is 4.68 Å². The summed E-state index contributed by atoms with van der Waals surface area (Å²) in [5.74, 6) is 0. The molecule has 0 atom stereocenters. The van der Waals surface area contributed by atoms with E-state index in [1.807, 2.05) is 12.1 Å². The van der Waals surface area contributed by atoms with E-state index in [9.17, 15) is 0 Å².